The van der Waals surface area contributed by atoms with Crippen LogP contribution in [0.3, 0.4) is 0 Å². The number of piperidine rings is 1. The summed E-state index contributed by atoms with van der Waals surface area (Å²) in [4.78, 5) is 30.5. The Morgan fingerprint density at radius 1 is 1.00 bits per heavy atom. The van der Waals surface area contributed by atoms with E-state index in [4.69, 9.17) is 14.7 Å². The largest absolute Gasteiger partial charge is 0.479 e. The van der Waals surface area contributed by atoms with E-state index in [1.165, 1.54) is 0 Å². The van der Waals surface area contributed by atoms with Crippen LogP contribution in [0, 0.1) is 0 Å². The van der Waals surface area contributed by atoms with Gasteiger partial charge < -0.3 is 29.9 Å². The molecule has 13 nitrogen and oxygen atoms in total. The van der Waals surface area contributed by atoms with Crippen molar-refractivity contribution >= 4 is 72.6 Å². The molecule has 2 aliphatic heterocycles. The molecule has 46 heavy (non-hydrogen) atoms. The molecule has 3 aromatic heterocycles. The number of halogens is 1. The number of anilines is 6. The van der Waals surface area contributed by atoms with Gasteiger partial charge in [0.15, 0.2) is 0 Å². The maximum atomic E-state index is 12.2. The molecule has 4 aromatic rings. The minimum atomic E-state index is -1.34. The first kappa shape index (κ1) is 32.3. The van der Waals surface area contributed by atoms with Crippen LogP contribution in [0.1, 0.15) is 25.3 Å². The highest BCUT2D eigenvalue weighted by atomic mass is 79.9. The lowest BCUT2D eigenvalue weighted by Gasteiger charge is -2.42. The summed E-state index contributed by atoms with van der Waals surface area (Å²) in [5, 5.41) is 6.66. The van der Waals surface area contributed by atoms with Gasteiger partial charge in [0, 0.05) is 70.2 Å². The average molecular weight is 711 g/mol. The minimum absolute atomic E-state index is 0.364. The van der Waals surface area contributed by atoms with Crippen molar-refractivity contribution in [2.45, 2.75) is 32.2 Å². The molecule has 2 fully saturated rings. The van der Waals surface area contributed by atoms with E-state index >= 15 is 0 Å². The quantitative estimate of drug-likeness (QED) is 0.213. The Morgan fingerprint density at radius 3 is 2.48 bits per heavy atom. The van der Waals surface area contributed by atoms with E-state index in [9.17, 15) is 4.21 Å². The highest BCUT2D eigenvalue weighted by Crippen LogP contribution is 2.36. The van der Waals surface area contributed by atoms with Crippen LogP contribution in [0.5, 0.6) is 5.88 Å². The Hall–Kier alpha value is -3.66. The van der Waals surface area contributed by atoms with Gasteiger partial charge in [-0.3, -0.25) is 14.9 Å². The fraction of sp³-hybridized carbons (Fsp3) is 0.452. The van der Waals surface area contributed by atoms with Gasteiger partial charge in [0.05, 0.1) is 28.5 Å². The van der Waals surface area contributed by atoms with Crippen LogP contribution in [0.2, 0.25) is 0 Å². The summed E-state index contributed by atoms with van der Waals surface area (Å²) in [5.41, 5.74) is 4.30. The Labute approximate surface area is 280 Å². The number of ether oxygens (including phenoxy) is 1. The SMILES string of the molecule is CCc1cc(Nc2ncc(Br)c(Nc3ccc4nccnc4c3NS(C)=O)n2)c(OC)nc1N1CCC(N2CCN(C)CC2)CC1. The van der Waals surface area contributed by atoms with E-state index in [0.717, 1.165) is 69.9 Å². The summed E-state index contributed by atoms with van der Waals surface area (Å²) in [5.74, 6) is 2.34. The maximum Gasteiger partial charge on any atom is 0.239 e. The molecule has 5 heterocycles. The summed E-state index contributed by atoms with van der Waals surface area (Å²) < 4.78 is 21.6. The number of rotatable bonds is 10. The average Bonchev–Trinajstić information content (AvgIpc) is 3.07. The number of methoxy groups -OCH3 is 1. The first-order valence-electron chi connectivity index (χ1n) is 15.5. The van der Waals surface area contributed by atoms with Crippen LogP contribution in [0.15, 0.2) is 41.3 Å². The molecule has 244 valence electrons. The molecule has 1 unspecified atom stereocenters. The fourth-order valence-corrected chi connectivity index (χ4v) is 6.87. The van der Waals surface area contributed by atoms with E-state index in [-0.39, 0.29) is 0 Å². The minimum Gasteiger partial charge on any atom is -0.479 e. The molecule has 1 aromatic carbocycles. The number of hydrogen-bond acceptors (Lipinski definition) is 12. The van der Waals surface area contributed by atoms with Gasteiger partial charge >= 0.3 is 0 Å². The molecule has 0 amide bonds. The van der Waals surface area contributed by atoms with Gasteiger partial charge in [0.1, 0.15) is 33.8 Å². The van der Waals surface area contributed by atoms with Crippen molar-refractivity contribution in [2.75, 3.05) is 79.9 Å². The standard InChI is InChI=1S/C31H40BrN11O2S/c1-5-20-18-25(30(45-3)39-29(20)43-12-8-21(9-13-43)42-16-14-41(2)15-17-42)37-31-35-19-22(32)28(38-31)36-24-7-6-23-26(34-11-10-33-23)27(24)40-46(4)44/h6-7,10-11,18-19,21,40H,5,8-9,12-17H2,1-4H3,(H2,35,36,37,38). The molecular weight excluding hydrogens is 670 g/mol. The van der Waals surface area contributed by atoms with E-state index in [2.05, 4.69) is 81.0 Å². The second-order valence-electron chi connectivity index (χ2n) is 11.5. The third kappa shape index (κ3) is 7.17. The number of aromatic nitrogens is 5. The van der Waals surface area contributed by atoms with Crippen LogP contribution in [-0.4, -0.2) is 105 Å². The zero-order valence-electron chi connectivity index (χ0n) is 26.6. The number of benzene rings is 1. The first-order chi connectivity index (χ1) is 22.3. The summed E-state index contributed by atoms with van der Waals surface area (Å²) in [6, 6.07) is 6.42. The third-order valence-corrected chi connectivity index (χ3v) is 9.64. The lowest BCUT2D eigenvalue weighted by atomic mass is 10.0. The van der Waals surface area contributed by atoms with Crippen molar-refractivity contribution in [1.29, 1.82) is 0 Å². The summed E-state index contributed by atoms with van der Waals surface area (Å²) in [7, 11) is 2.50. The molecule has 0 aliphatic carbocycles. The number of likely N-dealkylation sites (N-methyl/N-ethyl adjacent to an activating group) is 1. The van der Waals surface area contributed by atoms with Gasteiger partial charge in [-0.2, -0.15) is 9.97 Å². The highest BCUT2D eigenvalue weighted by molar-refractivity contribution is 9.10. The van der Waals surface area contributed by atoms with Crippen molar-refractivity contribution in [1.82, 2.24) is 34.7 Å². The first-order valence-corrected chi connectivity index (χ1v) is 17.8. The Bertz CT molecular complexity index is 1710. The van der Waals surface area contributed by atoms with Crippen LogP contribution >= 0.6 is 15.9 Å². The van der Waals surface area contributed by atoms with E-state index in [0.29, 0.717) is 56.3 Å². The molecule has 2 saturated heterocycles. The molecular formula is C31H40BrN11O2S. The van der Waals surface area contributed by atoms with Crippen LogP contribution < -0.4 is 25.0 Å². The molecule has 3 N–H and O–H groups in total. The van der Waals surface area contributed by atoms with Crippen molar-refractivity contribution in [3.8, 4) is 5.88 Å². The summed E-state index contributed by atoms with van der Waals surface area (Å²) in [6.45, 7) is 8.68. The summed E-state index contributed by atoms with van der Waals surface area (Å²) in [6.07, 6.45) is 9.55. The third-order valence-electron chi connectivity index (χ3n) is 8.57. The van der Waals surface area contributed by atoms with Crippen molar-refractivity contribution in [3.05, 3.63) is 46.8 Å². The smallest absolute Gasteiger partial charge is 0.239 e. The van der Waals surface area contributed by atoms with Crippen LogP contribution in [0.25, 0.3) is 11.0 Å². The molecule has 2 aliphatic rings. The molecule has 15 heteroatoms. The molecule has 0 radical (unpaired) electrons. The van der Waals surface area contributed by atoms with Gasteiger partial charge in [0.25, 0.3) is 0 Å². The Morgan fingerprint density at radius 2 is 1.76 bits per heavy atom. The number of nitrogens with one attached hydrogen (secondary N) is 3. The van der Waals surface area contributed by atoms with Crippen molar-refractivity contribution in [2.24, 2.45) is 0 Å². The van der Waals surface area contributed by atoms with E-state index in [1.807, 2.05) is 12.1 Å². The normalized spacial score (nSPS) is 17.2. The van der Waals surface area contributed by atoms with Gasteiger partial charge in [-0.1, -0.05) is 6.92 Å². The second kappa shape index (κ2) is 14.4. The number of hydrogen-bond donors (Lipinski definition) is 3. The van der Waals surface area contributed by atoms with E-state index < -0.39 is 11.0 Å². The number of fused-ring (bicyclic) bond motifs is 1. The lowest BCUT2D eigenvalue weighted by molar-refractivity contribution is 0.0981. The van der Waals surface area contributed by atoms with E-state index in [1.54, 1.807) is 32.0 Å². The Balaban J connectivity index is 1.21. The van der Waals surface area contributed by atoms with Gasteiger partial charge in [-0.05, 0) is 66.0 Å². The zero-order chi connectivity index (χ0) is 32.2. The monoisotopic (exact) mass is 709 g/mol. The van der Waals surface area contributed by atoms with Gasteiger partial charge in [-0.25, -0.2) is 9.19 Å². The summed E-state index contributed by atoms with van der Waals surface area (Å²) >= 11 is 3.56. The zero-order valence-corrected chi connectivity index (χ0v) is 29.0. The fourth-order valence-electron chi connectivity index (χ4n) is 6.09. The highest BCUT2D eigenvalue weighted by Gasteiger charge is 2.28. The molecule has 6 rings (SSSR count). The van der Waals surface area contributed by atoms with Gasteiger partial charge in [-0.15, -0.1) is 0 Å². The number of pyridine rings is 1. The van der Waals surface area contributed by atoms with Crippen LogP contribution in [-0.2, 0) is 17.4 Å². The van der Waals surface area contributed by atoms with Crippen molar-refractivity contribution < 1.29 is 8.95 Å². The van der Waals surface area contributed by atoms with Crippen LogP contribution in [0.4, 0.5) is 34.6 Å². The number of aryl methyl sites for hydroxylation is 1. The number of nitrogens with zero attached hydrogens (tertiary/aromatic N) is 8. The Kier molecular flexibility index (Phi) is 10.1. The molecule has 0 saturated carbocycles. The van der Waals surface area contributed by atoms with Gasteiger partial charge in [0.2, 0.25) is 11.8 Å². The predicted molar refractivity (Wildman–Crippen MR) is 188 cm³/mol. The van der Waals surface area contributed by atoms with Crippen molar-refractivity contribution in [3.63, 3.8) is 0 Å². The topological polar surface area (TPSA) is 137 Å². The molecule has 0 spiro atoms. The molecule has 0 bridgehead atoms. The number of piperazine rings is 1. The lowest BCUT2D eigenvalue weighted by Crippen LogP contribution is -2.52. The maximum absolute atomic E-state index is 12.2. The predicted octanol–water partition coefficient (Wildman–Crippen LogP) is 4.56. The second-order valence-corrected chi connectivity index (χ2v) is 13.5. The molecule has 1 atom stereocenters.